The Morgan fingerprint density at radius 3 is 2.07 bits per heavy atom. The fourth-order valence-corrected chi connectivity index (χ4v) is 3.40. The number of fused-ring (bicyclic) bond motifs is 3. The van der Waals surface area contributed by atoms with Crippen LogP contribution >= 0.6 is 0 Å². The average molecular weight is 398 g/mol. The van der Waals surface area contributed by atoms with Gasteiger partial charge in [-0.25, -0.2) is 19.9 Å². The molecule has 4 aromatic rings. The van der Waals surface area contributed by atoms with Crippen LogP contribution in [0.1, 0.15) is 28.5 Å². The lowest BCUT2D eigenvalue weighted by atomic mass is 10.0. The maximum absolute atomic E-state index is 6.08. The zero-order valence-corrected chi connectivity index (χ0v) is 16.7. The van der Waals surface area contributed by atoms with Crippen LogP contribution in [-0.2, 0) is 6.42 Å². The summed E-state index contributed by atoms with van der Waals surface area (Å²) in [5.74, 6) is 2.68. The van der Waals surface area contributed by atoms with Gasteiger partial charge in [0, 0.05) is 6.42 Å². The lowest BCUT2D eigenvalue weighted by molar-refractivity contribution is 0.407. The highest BCUT2D eigenvalue weighted by Crippen LogP contribution is 2.44. The monoisotopic (exact) mass is 398 g/mol. The van der Waals surface area contributed by atoms with Gasteiger partial charge >= 0.3 is 6.01 Å². The van der Waals surface area contributed by atoms with Gasteiger partial charge in [-0.3, -0.25) is 0 Å². The van der Waals surface area contributed by atoms with Crippen molar-refractivity contribution in [2.75, 3.05) is 0 Å². The van der Waals surface area contributed by atoms with Gasteiger partial charge in [-0.1, -0.05) is 18.2 Å². The molecule has 0 spiro atoms. The zero-order chi connectivity index (χ0) is 20.7. The summed E-state index contributed by atoms with van der Waals surface area (Å²) in [6.45, 7) is 5.72. The van der Waals surface area contributed by atoms with Gasteiger partial charge in [0.05, 0.1) is 36.0 Å². The van der Waals surface area contributed by atoms with Crippen LogP contribution in [0.2, 0.25) is 0 Å². The van der Waals surface area contributed by atoms with E-state index in [0.29, 0.717) is 35.4 Å². The van der Waals surface area contributed by atoms with E-state index in [-0.39, 0.29) is 6.01 Å². The minimum atomic E-state index is 0.176. The van der Waals surface area contributed by atoms with Crippen molar-refractivity contribution in [1.29, 1.82) is 0 Å². The SMILES string of the molecule is Cc1ncc(Oc2nc3c(c(Oc4cnc(C)nc4)n2)-c2cccc(C)c2C3)cn1. The standard InChI is InChI=1S/C22H18N6O2/c1-12-5-4-6-17-18(12)7-19-20(17)21(29-15-8-23-13(2)24-9-15)28-22(27-19)30-16-10-25-14(3)26-11-16/h4-6,8-11H,7H2,1-3H3. The number of rotatable bonds is 4. The Kier molecular flexibility index (Phi) is 4.31. The van der Waals surface area contributed by atoms with Crippen LogP contribution < -0.4 is 9.47 Å². The first-order chi connectivity index (χ1) is 14.6. The molecule has 0 saturated carbocycles. The highest BCUT2D eigenvalue weighted by atomic mass is 16.5. The molecule has 0 aliphatic heterocycles. The maximum atomic E-state index is 6.08. The second-order valence-corrected chi connectivity index (χ2v) is 7.05. The molecule has 1 aromatic carbocycles. The minimum absolute atomic E-state index is 0.176. The molecular formula is C22H18N6O2. The third kappa shape index (κ3) is 3.32. The third-order valence-electron chi connectivity index (χ3n) is 4.89. The molecule has 0 N–H and O–H groups in total. The van der Waals surface area contributed by atoms with Gasteiger partial charge in [0.25, 0.3) is 0 Å². The summed E-state index contributed by atoms with van der Waals surface area (Å²) in [6.07, 6.45) is 7.11. The molecule has 5 rings (SSSR count). The van der Waals surface area contributed by atoms with Gasteiger partial charge in [0.2, 0.25) is 5.88 Å². The lowest BCUT2D eigenvalue weighted by Crippen LogP contribution is -2.01. The molecule has 1 aliphatic carbocycles. The van der Waals surface area contributed by atoms with E-state index < -0.39 is 0 Å². The molecule has 0 atom stereocenters. The van der Waals surface area contributed by atoms with Crippen LogP contribution in [0, 0.1) is 20.8 Å². The lowest BCUT2D eigenvalue weighted by Gasteiger charge is -2.12. The first-order valence-electron chi connectivity index (χ1n) is 9.49. The molecule has 0 radical (unpaired) electrons. The van der Waals surface area contributed by atoms with E-state index in [2.05, 4.69) is 49.0 Å². The van der Waals surface area contributed by atoms with E-state index in [0.717, 1.165) is 16.8 Å². The van der Waals surface area contributed by atoms with E-state index in [9.17, 15) is 0 Å². The number of ether oxygens (including phenoxy) is 2. The summed E-state index contributed by atoms with van der Waals surface area (Å²) in [7, 11) is 0. The van der Waals surface area contributed by atoms with Crippen LogP contribution in [0.15, 0.2) is 43.0 Å². The molecule has 0 bridgehead atoms. The van der Waals surface area contributed by atoms with Crippen molar-refractivity contribution in [3.63, 3.8) is 0 Å². The fourth-order valence-electron chi connectivity index (χ4n) is 3.40. The van der Waals surface area contributed by atoms with Gasteiger partial charge < -0.3 is 9.47 Å². The van der Waals surface area contributed by atoms with Gasteiger partial charge in [0.15, 0.2) is 11.5 Å². The minimum Gasteiger partial charge on any atom is -0.435 e. The molecule has 0 saturated heterocycles. The van der Waals surface area contributed by atoms with Gasteiger partial charge in [-0.2, -0.15) is 9.97 Å². The number of nitrogens with zero attached hydrogens (tertiary/aromatic N) is 6. The van der Waals surface area contributed by atoms with Crippen molar-refractivity contribution in [3.8, 4) is 34.5 Å². The summed E-state index contributed by atoms with van der Waals surface area (Å²) in [4.78, 5) is 25.9. The number of aromatic nitrogens is 6. The topological polar surface area (TPSA) is 95.8 Å². The van der Waals surface area contributed by atoms with E-state index in [1.54, 1.807) is 24.8 Å². The van der Waals surface area contributed by atoms with Crippen LogP contribution in [0.4, 0.5) is 0 Å². The number of hydrogen-bond donors (Lipinski definition) is 0. The van der Waals surface area contributed by atoms with Crippen molar-refractivity contribution in [1.82, 2.24) is 29.9 Å². The van der Waals surface area contributed by atoms with Gasteiger partial charge in [-0.05, 0) is 37.5 Å². The van der Waals surface area contributed by atoms with Crippen molar-refractivity contribution in [2.45, 2.75) is 27.2 Å². The van der Waals surface area contributed by atoms with E-state index in [1.807, 2.05) is 19.9 Å². The maximum Gasteiger partial charge on any atom is 0.325 e. The van der Waals surface area contributed by atoms with E-state index in [1.165, 1.54) is 11.1 Å². The summed E-state index contributed by atoms with van der Waals surface area (Å²) in [6, 6.07) is 6.35. The summed E-state index contributed by atoms with van der Waals surface area (Å²) < 4.78 is 11.9. The molecule has 0 fully saturated rings. The molecule has 8 heteroatoms. The molecule has 0 unspecified atom stereocenters. The quantitative estimate of drug-likeness (QED) is 0.446. The van der Waals surface area contributed by atoms with E-state index in [4.69, 9.17) is 9.47 Å². The predicted molar refractivity (Wildman–Crippen MR) is 109 cm³/mol. The normalized spacial score (nSPS) is 11.7. The summed E-state index contributed by atoms with van der Waals surface area (Å²) in [5, 5.41) is 0. The second kappa shape index (κ2) is 7.14. The van der Waals surface area contributed by atoms with Crippen molar-refractivity contribution < 1.29 is 9.47 Å². The van der Waals surface area contributed by atoms with Gasteiger partial charge in [-0.15, -0.1) is 0 Å². The van der Waals surface area contributed by atoms with Crippen LogP contribution in [-0.4, -0.2) is 29.9 Å². The predicted octanol–water partition coefficient (Wildman–Crippen LogP) is 4.14. The van der Waals surface area contributed by atoms with Crippen LogP contribution in [0.3, 0.4) is 0 Å². The Morgan fingerprint density at radius 2 is 1.40 bits per heavy atom. The number of hydrogen-bond acceptors (Lipinski definition) is 8. The van der Waals surface area contributed by atoms with Crippen molar-refractivity contribution >= 4 is 0 Å². The highest BCUT2D eigenvalue weighted by molar-refractivity contribution is 5.80. The molecule has 8 nitrogen and oxygen atoms in total. The molecule has 1 aliphatic rings. The number of aryl methyl sites for hydroxylation is 3. The number of benzene rings is 1. The Balaban J connectivity index is 1.59. The van der Waals surface area contributed by atoms with Gasteiger partial charge in [0.1, 0.15) is 11.6 Å². The zero-order valence-electron chi connectivity index (χ0n) is 16.7. The third-order valence-corrected chi connectivity index (χ3v) is 4.89. The van der Waals surface area contributed by atoms with Crippen molar-refractivity contribution in [3.05, 3.63) is 71.5 Å². The molecule has 148 valence electrons. The molecule has 3 heterocycles. The van der Waals surface area contributed by atoms with Crippen LogP contribution in [0.5, 0.6) is 23.4 Å². The summed E-state index contributed by atoms with van der Waals surface area (Å²) in [5.41, 5.74) is 5.19. The first kappa shape index (κ1) is 18.1. The Bertz CT molecular complexity index is 1240. The van der Waals surface area contributed by atoms with Crippen LogP contribution in [0.25, 0.3) is 11.1 Å². The van der Waals surface area contributed by atoms with E-state index >= 15 is 0 Å². The molecule has 30 heavy (non-hydrogen) atoms. The Morgan fingerprint density at radius 1 is 0.767 bits per heavy atom. The average Bonchev–Trinajstić information content (AvgIpc) is 3.12. The Labute approximate surface area is 173 Å². The Hall–Kier alpha value is -3.94. The first-order valence-corrected chi connectivity index (χ1v) is 9.49. The second-order valence-electron chi connectivity index (χ2n) is 7.05. The largest absolute Gasteiger partial charge is 0.435 e. The smallest absolute Gasteiger partial charge is 0.325 e. The molecule has 3 aromatic heterocycles. The molecular weight excluding hydrogens is 380 g/mol. The van der Waals surface area contributed by atoms with Crippen molar-refractivity contribution in [2.24, 2.45) is 0 Å². The molecule has 0 amide bonds. The summed E-state index contributed by atoms with van der Waals surface area (Å²) >= 11 is 0. The highest BCUT2D eigenvalue weighted by Gasteiger charge is 2.28. The fraction of sp³-hybridized carbons (Fsp3) is 0.182.